The topological polar surface area (TPSA) is 95.0 Å². The second-order valence-electron chi connectivity index (χ2n) is 5.87. The fourth-order valence-corrected chi connectivity index (χ4v) is 4.11. The van der Waals surface area contributed by atoms with Crippen molar-refractivity contribution in [1.82, 2.24) is 9.21 Å². The minimum Gasteiger partial charge on any atom is -0.480 e. The summed E-state index contributed by atoms with van der Waals surface area (Å²) in [6.07, 6.45) is 2.81. The van der Waals surface area contributed by atoms with E-state index in [0.29, 0.717) is 38.9 Å². The number of amides is 1. The quantitative estimate of drug-likeness (QED) is 0.758. The molecule has 0 aliphatic carbocycles. The number of piperidine rings is 1. The Kier molecular flexibility index (Phi) is 3.81. The summed E-state index contributed by atoms with van der Waals surface area (Å²) in [6, 6.07) is -0.780. The maximum Gasteiger partial charge on any atom is 0.326 e. The summed E-state index contributed by atoms with van der Waals surface area (Å²) in [7, 11) is -3.20. The molecule has 114 valence electrons. The lowest BCUT2D eigenvalue weighted by Crippen LogP contribution is -2.44. The summed E-state index contributed by atoms with van der Waals surface area (Å²) in [5.41, 5.74) is -0.254. The molecule has 7 nitrogen and oxygen atoms in total. The van der Waals surface area contributed by atoms with Gasteiger partial charge >= 0.3 is 5.97 Å². The zero-order chi connectivity index (χ0) is 15.1. The molecule has 0 radical (unpaired) electrons. The fraction of sp³-hybridized carbons (Fsp3) is 0.833. The average molecular weight is 304 g/mol. The normalized spacial score (nSPS) is 26.9. The minimum atomic E-state index is -3.20. The van der Waals surface area contributed by atoms with Gasteiger partial charge in [0.15, 0.2) is 0 Å². The van der Waals surface area contributed by atoms with Crippen LogP contribution < -0.4 is 0 Å². The molecule has 2 saturated heterocycles. The Morgan fingerprint density at radius 3 is 2.15 bits per heavy atom. The Morgan fingerprint density at radius 1 is 1.25 bits per heavy atom. The number of nitrogens with zero attached hydrogens (tertiary/aromatic N) is 2. The van der Waals surface area contributed by atoms with E-state index in [2.05, 4.69) is 0 Å². The van der Waals surface area contributed by atoms with Crippen molar-refractivity contribution in [2.45, 2.75) is 32.2 Å². The Labute approximate surface area is 118 Å². The van der Waals surface area contributed by atoms with E-state index in [1.54, 1.807) is 0 Å². The van der Waals surface area contributed by atoms with Crippen LogP contribution in [0.4, 0.5) is 0 Å². The maximum absolute atomic E-state index is 11.6. The zero-order valence-electron chi connectivity index (χ0n) is 11.7. The third kappa shape index (κ3) is 2.80. The van der Waals surface area contributed by atoms with E-state index in [4.69, 9.17) is 0 Å². The van der Waals surface area contributed by atoms with Gasteiger partial charge in [0.25, 0.3) is 0 Å². The van der Waals surface area contributed by atoms with Crippen LogP contribution >= 0.6 is 0 Å². The number of hydrogen-bond donors (Lipinski definition) is 1. The molecule has 2 rings (SSSR count). The van der Waals surface area contributed by atoms with Crippen LogP contribution in [0, 0.1) is 5.41 Å². The minimum absolute atomic E-state index is 0.236. The smallest absolute Gasteiger partial charge is 0.326 e. The molecule has 2 aliphatic rings. The fourth-order valence-electron chi connectivity index (χ4n) is 3.26. The molecule has 1 atom stereocenters. The first kappa shape index (κ1) is 15.2. The molecular weight excluding hydrogens is 284 g/mol. The SMILES string of the molecule is CC(=O)N1CC2(CCN(S(C)(=O)=O)CC2)C[C@H]1C(=O)O. The average Bonchev–Trinajstić information content (AvgIpc) is 2.68. The van der Waals surface area contributed by atoms with Gasteiger partial charge in [-0.05, 0) is 24.7 Å². The van der Waals surface area contributed by atoms with Crippen molar-refractivity contribution in [3.05, 3.63) is 0 Å². The standard InChI is InChI=1S/C12H20N2O5S/c1-9(15)14-8-12(7-10(14)11(16)17)3-5-13(6-4-12)20(2,18)19/h10H,3-8H2,1-2H3,(H,16,17)/t10-/m0/s1. The van der Waals surface area contributed by atoms with E-state index < -0.39 is 22.0 Å². The number of likely N-dealkylation sites (tertiary alicyclic amines) is 1. The van der Waals surface area contributed by atoms with Crippen molar-refractivity contribution in [1.29, 1.82) is 0 Å². The number of aliphatic carboxylic acids is 1. The van der Waals surface area contributed by atoms with Gasteiger partial charge in [0, 0.05) is 26.6 Å². The highest BCUT2D eigenvalue weighted by molar-refractivity contribution is 7.88. The summed E-state index contributed by atoms with van der Waals surface area (Å²) in [4.78, 5) is 24.2. The zero-order valence-corrected chi connectivity index (χ0v) is 12.5. The lowest BCUT2D eigenvalue weighted by atomic mass is 9.77. The van der Waals surface area contributed by atoms with Crippen molar-refractivity contribution in [3.63, 3.8) is 0 Å². The monoisotopic (exact) mass is 304 g/mol. The lowest BCUT2D eigenvalue weighted by molar-refractivity contribution is -0.147. The molecule has 8 heteroatoms. The van der Waals surface area contributed by atoms with E-state index in [-0.39, 0.29) is 11.3 Å². The number of carbonyl (C=O) groups excluding carboxylic acids is 1. The molecule has 1 N–H and O–H groups in total. The van der Waals surface area contributed by atoms with Gasteiger partial charge in [-0.25, -0.2) is 17.5 Å². The largest absolute Gasteiger partial charge is 0.480 e. The number of carboxylic acid groups (broad SMARTS) is 1. The molecule has 0 bridgehead atoms. The Bertz CT molecular complexity index is 498. The highest BCUT2D eigenvalue weighted by Crippen LogP contribution is 2.43. The molecule has 0 aromatic carbocycles. The van der Waals surface area contributed by atoms with Gasteiger partial charge in [0.2, 0.25) is 15.9 Å². The predicted octanol–water partition coefficient (Wildman–Crippen LogP) is -0.266. The predicted molar refractivity (Wildman–Crippen MR) is 71.5 cm³/mol. The lowest BCUT2D eigenvalue weighted by Gasteiger charge is -2.37. The molecular formula is C12H20N2O5S. The van der Waals surface area contributed by atoms with Gasteiger partial charge in [0.1, 0.15) is 6.04 Å². The Hall–Kier alpha value is -1.15. The van der Waals surface area contributed by atoms with Crippen LogP contribution in [0.1, 0.15) is 26.2 Å². The Morgan fingerprint density at radius 2 is 1.80 bits per heavy atom. The van der Waals surface area contributed by atoms with Gasteiger partial charge in [-0.15, -0.1) is 0 Å². The van der Waals surface area contributed by atoms with Crippen molar-refractivity contribution in [2.75, 3.05) is 25.9 Å². The first-order valence-electron chi connectivity index (χ1n) is 6.60. The maximum atomic E-state index is 11.6. The number of hydrogen-bond acceptors (Lipinski definition) is 4. The molecule has 0 aromatic heterocycles. The number of carboxylic acids is 1. The number of rotatable bonds is 2. The molecule has 2 heterocycles. The van der Waals surface area contributed by atoms with Crippen LogP contribution in [-0.2, 0) is 19.6 Å². The second-order valence-corrected chi connectivity index (χ2v) is 7.85. The molecule has 0 aromatic rings. The highest BCUT2D eigenvalue weighted by atomic mass is 32.2. The molecule has 1 amide bonds. The molecule has 0 saturated carbocycles. The molecule has 20 heavy (non-hydrogen) atoms. The van der Waals surface area contributed by atoms with Crippen molar-refractivity contribution >= 4 is 21.9 Å². The summed E-state index contributed by atoms with van der Waals surface area (Å²) < 4.78 is 24.4. The van der Waals surface area contributed by atoms with Crippen molar-refractivity contribution in [3.8, 4) is 0 Å². The first-order valence-corrected chi connectivity index (χ1v) is 8.45. The summed E-state index contributed by atoms with van der Waals surface area (Å²) in [5.74, 6) is -1.22. The van der Waals surface area contributed by atoms with Crippen LogP contribution in [0.15, 0.2) is 0 Å². The number of sulfonamides is 1. The van der Waals surface area contributed by atoms with E-state index in [9.17, 15) is 23.1 Å². The van der Waals surface area contributed by atoms with Gasteiger partial charge in [-0.2, -0.15) is 0 Å². The number of carbonyl (C=O) groups is 2. The summed E-state index contributed by atoms with van der Waals surface area (Å²) >= 11 is 0. The van der Waals surface area contributed by atoms with E-state index in [0.717, 1.165) is 0 Å². The van der Waals surface area contributed by atoms with E-state index in [1.165, 1.54) is 22.4 Å². The summed E-state index contributed by atoms with van der Waals surface area (Å²) in [6.45, 7) is 2.59. The van der Waals surface area contributed by atoms with Crippen molar-refractivity contribution < 1.29 is 23.1 Å². The molecule has 1 spiro atoms. The molecule has 2 aliphatic heterocycles. The third-order valence-corrected chi connectivity index (χ3v) is 5.75. The Balaban J connectivity index is 2.12. The van der Waals surface area contributed by atoms with Gasteiger partial charge in [0.05, 0.1) is 6.26 Å². The van der Waals surface area contributed by atoms with Gasteiger partial charge < -0.3 is 10.0 Å². The molecule has 2 fully saturated rings. The van der Waals surface area contributed by atoms with Crippen LogP contribution in [0.25, 0.3) is 0 Å². The third-order valence-electron chi connectivity index (χ3n) is 4.45. The summed E-state index contributed by atoms with van der Waals surface area (Å²) in [5, 5.41) is 9.23. The van der Waals surface area contributed by atoms with Crippen LogP contribution in [0.3, 0.4) is 0 Å². The first-order chi connectivity index (χ1) is 9.15. The van der Waals surface area contributed by atoms with Gasteiger partial charge in [-0.1, -0.05) is 0 Å². The van der Waals surface area contributed by atoms with Crippen LogP contribution in [-0.4, -0.2) is 66.5 Å². The highest BCUT2D eigenvalue weighted by Gasteiger charge is 2.49. The van der Waals surface area contributed by atoms with Crippen molar-refractivity contribution in [2.24, 2.45) is 5.41 Å². The van der Waals surface area contributed by atoms with Crippen LogP contribution in [0.5, 0.6) is 0 Å². The second kappa shape index (κ2) is 5.00. The van der Waals surface area contributed by atoms with Gasteiger partial charge in [-0.3, -0.25) is 4.79 Å². The molecule has 0 unspecified atom stereocenters. The van der Waals surface area contributed by atoms with E-state index >= 15 is 0 Å². The van der Waals surface area contributed by atoms with Crippen LogP contribution in [0.2, 0.25) is 0 Å². The van der Waals surface area contributed by atoms with E-state index in [1.807, 2.05) is 0 Å².